The predicted octanol–water partition coefficient (Wildman–Crippen LogP) is 2.70. The molecule has 0 radical (unpaired) electrons. The number of benzene rings is 1. The molecule has 0 bridgehead atoms. The second-order valence-corrected chi connectivity index (χ2v) is 3.09. The van der Waals surface area contributed by atoms with Crippen molar-refractivity contribution in [3.63, 3.8) is 0 Å². The second-order valence-electron chi connectivity index (χ2n) is 3.09. The van der Waals surface area contributed by atoms with Crippen LogP contribution in [0.1, 0.15) is 10.4 Å². The van der Waals surface area contributed by atoms with E-state index in [0.29, 0.717) is 16.7 Å². The quantitative estimate of drug-likeness (QED) is 0.552. The monoisotopic (exact) mass is 201 g/mol. The minimum Gasteiger partial charge on any atom is -0.298 e. The minimum absolute atomic E-state index is 0.404. The van der Waals surface area contributed by atoms with E-state index in [-0.39, 0.29) is 0 Å². The number of nitrogens with zero attached hydrogens (tertiary/aromatic N) is 1. The molecule has 0 N–H and O–H groups in total. The average Bonchev–Trinajstić information content (AvgIpc) is 2.30. The summed E-state index contributed by atoms with van der Waals surface area (Å²) in [5.74, 6) is -0.527. The molecule has 0 saturated carbocycles. The van der Waals surface area contributed by atoms with Gasteiger partial charge in [0, 0.05) is 17.3 Å². The molecule has 2 nitrogen and oxygen atoms in total. The number of rotatable bonds is 2. The number of carbonyl (C=O) groups is 1. The first-order chi connectivity index (χ1) is 7.31. The number of halogens is 1. The van der Waals surface area contributed by atoms with Crippen LogP contribution in [0.4, 0.5) is 4.39 Å². The number of aromatic nitrogens is 1. The number of hydrogen-bond acceptors (Lipinski definition) is 2. The zero-order valence-electron chi connectivity index (χ0n) is 7.85. The molecule has 74 valence electrons. The molecule has 1 heterocycles. The van der Waals surface area contributed by atoms with E-state index >= 15 is 0 Å². The zero-order valence-corrected chi connectivity index (χ0v) is 7.85. The summed E-state index contributed by atoms with van der Waals surface area (Å²) >= 11 is 0. The van der Waals surface area contributed by atoms with Gasteiger partial charge in [-0.05, 0) is 23.8 Å². The molecule has 1 aromatic carbocycles. The van der Waals surface area contributed by atoms with Gasteiger partial charge in [-0.1, -0.05) is 18.2 Å². The number of pyridine rings is 1. The van der Waals surface area contributed by atoms with Crippen molar-refractivity contribution in [3.8, 4) is 11.1 Å². The maximum absolute atomic E-state index is 13.3. The SMILES string of the molecule is O=Cc1cccc(-c2cccnc2F)c1. The van der Waals surface area contributed by atoms with Crippen LogP contribution in [0.3, 0.4) is 0 Å². The summed E-state index contributed by atoms with van der Waals surface area (Å²) in [6.45, 7) is 0. The van der Waals surface area contributed by atoms with Crippen LogP contribution in [0.15, 0.2) is 42.6 Å². The van der Waals surface area contributed by atoms with E-state index in [2.05, 4.69) is 4.98 Å². The molecular weight excluding hydrogens is 193 g/mol. The first-order valence-corrected chi connectivity index (χ1v) is 4.47. The van der Waals surface area contributed by atoms with Crippen LogP contribution in [0, 0.1) is 5.95 Å². The Morgan fingerprint density at radius 1 is 1.20 bits per heavy atom. The minimum atomic E-state index is -0.527. The third-order valence-corrected chi connectivity index (χ3v) is 2.09. The van der Waals surface area contributed by atoms with Gasteiger partial charge < -0.3 is 0 Å². The third-order valence-electron chi connectivity index (χ3n) is 2.09. The molecule has 15 heavy (non-hydrogen) atoms. The molecule has 0 atom stereocenters. The molecular formula is C12H8FNO. The number of hydrogen-bond donors (Lipinski definition) is 0. The van der Waals surface area contributed by atoms with E-state index < -0.39 is 5.95 Å². The standard InChI is InChI=1S/C12H8FNO/c13-12-11(5-2-6-14-12)10-4-1-3-9(7-10)8-15/h1-8H. The highest BCUT2D eigenvalue weighted by atomic mass is 19.1. The molecule has 0 fully saturated rings. The zero-order chi connectivity index (χ0) is 10.7. The molecule has 2 aromatic rings. The van der Waals surface area contributed by atoms with Crippen molar-refractivity contribution in [2.75, 3.05) is 0 Å². The van der Waals surface area contributed by atoms with E-state index in [1.165, 1.54) is 6.20 Å². The van der Waals surface area contributed by atoms with Gasteiger partial charge in [0.05, 0.1) is 0 Å². The lowest BCUT2D eigenvalue weighted by molar-refractivity contribution is 0.112. The second kappa shape index (κ2) is 4.00. The van der Waals surface area contributed by atoms with Crippen LogP contribution in [-0.2, 0) is 0 Å². The Bertz CT molecular complexity index is 496. The fraction of sp³-hybridized carbons (Fsp3) is 0. The van der Waals surface area contributed by atoms with Crippen molar-refractivity contribution in [2.24, 2.45) is 0 Å². The Labute approximate surface area is 86.4 Å². The van der Waals surface area contributed by atoms with Crippen molar-refractivity contribution in [1.29, 1.82) is 0 Å². The van der Waals surface area contributed by atoms with Gasteiger partial charge in [-0.2, -0.15) is 4.39 Å². The first kappa shape index (κ1) is 9.52. The van der Waals surface area contributed by atoms with E-state index in [1.54, 1.807) is 36.4 Å². The Balaban J connectivity index is 2.54. The van der Waals surface area contributed by atoms with Crippen LogP contribution in [0.2, 0.25) is 0 Å². The predicted molar refractivity (Wildman–Crippen MR) is 55.0 cm³/mol. The Kier molecular flexibility index (Phi) is 2.54. The van der Waals surface area contributed by atoms with Crippen LogP contribution >= 0.6 is 0 Å². The lowest BCUT2D eigenvalue weighted by Crippen LogP contribution is -1.88. The Morgan fingerprint density at radius 2 is 2.07 bits per heavy atom. The summed E-state index contributed by atoms with van der Waals surface area (Å²) in [6, 6.07) is 10.1. The van der Waals surface area contributed by atoms with Gasteiger partial charge in [0.25, 0.3) is 0 Å². The van der Waals surface area contributed by atoms with E-state index in [0.717, 1.165) is 6.29 Å². The Morgan fingerprint density at radius 3 is 2.80 bits per heavy atom. The van der Waals surface area contributed by atoms with E-state index in [4.69, 9.17) is 0 Å². The fourth-order valence-corrected chi connectivity index (χ4v) is 1.38. The van der Waals surface area contributed by atoms with E-state index in [9.17, 15) is 9.18 Å². The molecule has 0 aliphatic rings. The highest BCUT2D eigenvalue weighted by molar-refractivity contribution is 5.78. The molecule has 0 unspecified atom stereocenters. The van der Waals surface area contributed by atoms with Crippen LogP contribution < -0.4 is 0 Å². The summed E-state index contributed by atoms with van der Waals surface area (Å²) in [4.78, 5) is 14.1. The summed E-state index contributed by atoms with van der Waals surface area (Å²) < 4.78 is 13.3. The molecule has 0 spiro atoms. The number of aldehydes is 1. The maximum Gasteiger partial charge on any atom is 0.220 e. The smallest absolute Gasteiger partial charge is 0.220 e. The van der Waals surface area contributed by atoms with Crippen molar-refractivity contribution in [3.05, 3.63) is 54.1 Å². The molecule has 3 heteroatoms. The summed E-state index contributed by atoms with van der Waals surface area (Å²) in [5.41, 5.74) is 1.59. The van der Waals surface area contributed by atoms with Gasteiger partial charge in [-0.3, -0.25) is 4.79 Å². The summed E-state index contributed by atoms with van der Waals surface area (Å²) in [5, 5.41) is 0. The number of carbonyl (C=O) groups excluding carboxylic acids is 1. The van der Waals surface area contributed by atoms with Gasteiger partial charge in [0.2, 0.25) is 5.95 Å². The summed E-state index contributed by atoms with van der Waals surface area (Å²) in [6.07, 6.45) is 2.13. The molecule has 2 rings (SSSR count). The molecule has 0 amide bonds. The van der Waals surface area contributed by atoms with Crippen molar-refractivity contribution in [2.45, 2.75) is 0 Å². The lowest BCUT2D eigenvalue weighted by atomic mass is 10.1. The highest BCUT2D eigenvalue weighted by Gasteiger charge is 2.04. The molecule has 1 aromatic heterocycles. The van der Waals surface area contributed by atoms with Crippen LogP contribution in [-0.4, -0.2) is 11.3 Å². The Hall–Kier alpha value is -2.03. The first-order valence-electron chi connectivity index (χ1n) is 4.47. The maximum atomic E-state index is 13.3. The topological polar surface area (TPSA) is 30.0 Å². The van der Waals surface area contributed by atoms with Crippen molar-refractivity contribution in [1.82, 2.24) is 4.98 Å². The molecule has 0 aliphatic heterocycles. The van der Waals surface area contributed by atoms with E-state index in [1.807, 2.05) is 0 Å². The highest BCUT2D eigenvalue weighted by Crippen LogP contribution is 2.21. The summed E-state index contributed by atoms with van der Waals surface area (Å²) in [7, 11) is 0. The largest absolute Gasteiger partial charge is 0.298 e. The van der Waals surface area contributed by atoms with Gasteiger partial charge in [-0.15, -0.1) is 0 Å². The van der Waals surface area contributed by atoms with Crippen LogP contribution in [0.5, 0.6) is 0 Å². The third kappa shape index (κ3) is 1.91. The average molecular weight is 201 g/mol. The van der Waals surface area contributed by atoms with Crippen LogP contribution in [0.25, 0.3) is 11.1 Å². The normalized spacial score (nSPS) is 9.93. The van der Waals surface area contributed by atoms with Gasteiger partial charge in [-0.25, -0.2) is 4.98 Å². The molecule has 0 aliphatic carbocycles. The van der Waals surface area contributed by atoms with Gasteiger partial charge in [0.15, 0.2) is 0 Å². The van der Waals surface area contributed by atoms with Gasteiger partial charge in [0.1, 0.15) is 6.29 Å². The lowest BCUT2D eigenvalue weighted by Gasteiger charge is -2.02. The molecule has 0 saturated heterocycles. The van der Waals surface area contributed by atoms with Crippen molar-refractivity contribution >= 4 is 6.29 Å². The van der Waals surface area contributed by atoms with Gasteiger partial charge >= 0.3 is 0 Å². The van der Waals surface area contributed by atoms with Crippen molar-refractivity contribution < 1.29 is 9.18 Å². The fourth-order valence-electron chi connectivity index (χ4n) is 1.38.